The fourth-order valence-electron chi connectivity index (χ4n) is 3.71. The maximum atomic E-state index is 12.9. The van der Waals surface area contributed by atoms with Gasteiger partial charge in [-0.2, -0.15) is 0 Å². The molecular weight excluding hydrogens is 408 g/mol. The van der Waals surface area contributed by atoms with E-state index in [0.717, 1.165) is 22.6 Å². The molecule has 2 aliphatic rings. The van der Waals surface area contributed by atoms with Gasteiger partial charge in [0.1, 0.15) is 0 Å². The van der Waals surface area contributed by atoms with E-state index in [1.807, 2.05) is 24.3 Å². The third-order valence-electron chi connectivity index (χ3n) is 5.29. The Bertz CT molecular complexity index is 1100. The minimum atomic E-state index is -3.68. The summed E-state index contributed by atoms with van der Waals surface area (Å²) in [6.45, 7) is 4.03. The van der Waals surface area contributed by atoms with Crippen molar-refractivity contribution in [2.75, 3.05) is 22.5 Å². The highest BCUT2D eigenvalue weighted by Crippen LogP contribution is 2.37. The predicted octanol–water partition coefficient (Wildman–Crippen LogP) is 3.12. The van der Waals surface area contributed by atoms with Crippen LogP contribution in [0.25, 0.3) is 0 Å². The zero-order valence-corrected chi connectivity index (χ0v) is 17.8. The summed E-state index contributed by atoms with van der Waals surface area (Å²) in [6, 6.07) is 12.5. The van der Waals surface area contributed by atoms with Crippen molar-refractivity contribution in [3.05, 3.63) is 48.0 Å². The lowest BCUT2D eigenvalue weighted by Crippen LogP contribution is -2.36. The number of hydrogen-bond donors (Lipinski definition) is 1. The van der Waals surface area contributed by atoms with Gasteiger partial charge in [0, 0.05) is 23.0 Å². The van der Waals surface area contributed by atoms with E-state index in [-0.39, 0.29) is 27.7 Å². The molecule has 29 heavy (non-hydrogen) atoms. The van der Waals surface area contributed by atoms with Crippen molar-refractivity contribution in [2.45, 2.75) is 35.3 Å². The molecule has 2 aliphatic heterocycles. The number of nitrogens with one attached hydrogen (secondary N) is 1. The van der Waals surface area contributed by atoms with E-state index in [1.54, 1.807) is 30.9 Å². The molecule has 8 heteroatoms. The molecule has 2 aromatic rings. The van der Waals surface area contributed by atoms with E-state index < -0.39 is 15.8 Å². The van der Waals surface area contributed by atoms with E-state index in [1.165, 1.54) is 17.8 Å². The number of amides is 2. The molecule has 0 saturated carbocycles. The van der Waals surface area contributed by atoms with Crippen molar-refractivity contribution in [1.29, 1.82) is 0 Å². The third kappa shape index (κ3) is 3.79. The number of carbonyl (C=O) groups excluding carboxylic acids is 2. The van der Waals surface area contributed by atoms with Crippen LogP contribution >= 0.6 is 11.8 Å². The van der Waals surface area contributed by atoms with Crippen molar-refractivity contribution in [3.63, 3.8) is 0 Å². The van der Waals surface area contributed by atoms with Crippen molar-refractivity contribution in [2.24, 2.45) is 5.92 Å². The fraction of sp³-hybridized carbons (Fsp3) is 0.333. The van der Waals surface area contributed by atoms with Crippen LogP contribution in [0.1, 0.15) is 19.4 Å². The van der Waals surface area contributed by atoms with Crippen molar-refractivity contribution < 1.29 is 18.0 Å². The summed E-state index contributed by atoms with van der Waals surface area (Å²) in [5, 5.41) is 2.54. The smallest absolute Gasteiger partial charge is 0.237 e. The largest absolute Gasteiger partial charge is 0.324 e. The normalized spacial score (nSPS) is 19.3. The number of anilines is 2. The van der Waals surface area contributed by atoms with E-state index in [0.29, 0.717) is 12.2 Å². The van der Waals surface area contributed by atoms with E-state index >= 15 is 0 Å². The van der Waals surface area contributed by atoms with Crippen LogP contribution in [0.4, 0.5) is 11.4 Å². The van der Waals surface area contributed by atoms with Gasteiger partial charge >= 0.3 is 0 Å². The monoisotopic (exact) mass is 430 g/mol. The molecule has 0 radical (unpaired) electrons. The third-order valence-corrected chi connectivity index (χ3v) is 8.37. The lowest BCUT2D eigenvalue weighted by atomic mass is 10.1. The molecule has 2 aromatic carbocycles. The number of rotatable bonds is 4. The topological polar surface area (TPSA) is 83.5 Å². The maximum absolute atomic E-state index is 12.9. The second kappa shape index (κ2) is 7.50. The lowest BCUT2D eigenvalue weighted by Gasteiger charge is -2.23. The van der Waals surface area contributed by atoms with Gasteiger partial charge in [0.15, 0.2) is 9.84 Å². The van der Waals surface area contributed by atoms with Crippen molar-refractivity contribution >= 4 is 44.8 Å². The average molecular weight is 431 g/mol. The molecule has 0 saturated heterocycles. The number of hydrogen-bond acceptors (Lipinski definition) is 5. The predicted molar refractivity (Wildman–Crippen MR) is 114 cm³/mol. The molecule has 2 atom stereocenters. The molecule has 0 fully saturated rings. The Labute approximate surface area is 174 Å². The van der Waals surface area contributed by atoms with Crippen LogP contribution in [-0.4, -0.2) is 37.8 Å². The Balaban J connectivity index is 1.52. The first-order chi connectivity index (χ1) is 13.8. The van der Waals surface area contributed by atoms with Crippen molar-refractivity contribution in [1.82, 2.24) is 0 Å². The first kappa shape index (κ1) is 20.0. The van der Waals surface area contributed by atoms with Crippen LogP contribution in [0.2, 0.25) is 0 Å². The molecule has 6 nitrogen and oxygen atoms in total. The van der Waals surface area contributed by atoms with Gasteiger partial charge in [0.2, 0.25) is 11.8 Å². The molecule has 0 spiro atoms. The summed E-state index contributed by atoms with van der Waals surface area (Å²) >= 11 is 1.40. The Hall–Kier alpha value is -2.32. The first-order valence-electron chi connectivity index (χ1n) is 9.50. The second-order valence-electron chi connectivity index (χ2n) is 7.46. The quantitative estimate of drug-likeness (QED) is 0.806. The first-order valence-corrected chi connectivity index (χ1v) is 12.0. The van der Waals surface area contributed by atoms with Gasteiger partial charge in [-0.3, -0.25) is 9.59 Å². The van der Waals surface area contributed by atoms with Crippen LogP contribution in [-0.2, 0) is 25.8 Å². The molecule has 2 heterocycles. The fourth-order valence-corrected chi connectivity index (χ4v) is 6.21. The Kier molecular flexibility index (Phi) is 5.16. The van der Waals surface area contributed by atoms with Crippen LogP contribution in [0.5, 0.6) is 0 Å². The molecule has 0 aliphatic carbocycles. The highest BCUT2D eigenvalue weighted by molar-refractivity contribution is 8.01. The van der Waals surface area contributed by atoms with Crippen molar-refractivity contribution in [3.8, 4) is 0 Å². The summed E-state index contributed by atoms with van der Waals surface area (Å²) in [6.07, 6.45) is 0.780. The minimum absolute atomic E-state index is 0.119. The molecule has 0 aromatic heterocycles. The summed E-state index contributed by atoms with van der Waals surface area (Å²) in [4.78, 5) is 27.5. The highest BCUT2D eigenvalue weighted by atomic mass is 32.2. The van der Waals surface area contributed by atoms with Gasteiger partial charge in [0.05, 0.1) is 21.6 Å². The van der Waals surface area contributed by atoms with Gasteiger partial charge in [-0.05, 0) is 43.2 Å². The number of carbonyl (C=O) groups is 2. The molecule has 152 valence electrons. The van der Waals surface area contributed by atoms with Gasteiger partial charge in [-0.1, -0.05) is 25.1 Å². The highest BCUT2D eigenvalue weighted by Gasteiger charge is 2.32. The van der Waals surface area contributed by atoms with Crippen LogP contribution in [0.3, 0.4) is 0 Å². The minimum Gasteiger partial charge on any atom is -0.324 e. The molecule has 2 amide bonds. The number of sulfone groups is 1. The van der Waals surface area contributed by atoms with Crippen LogP contribution in [0, 0.1) is 5.92 Å². The number of benzene rings is 2. The molecule has 4 rings (SSSR count). The van der Waals surface area contributed by atoms with Gasteiger partial charge in [-0.25, -0.2) is 8.42 Å². The summed E-state index contributed by atoms with van der Waals surface area (Å²) in [5.74, 6) is -1.28. The lowest BCUT2D eigenvalue weighted by molar-refractivity contribution is -0.121. The number of fused-ring (bicyclic) bond motifs is 2. The van der Waals surface area contributed by atoms with Crippen LogP contribution < -0.4 is 10.2 Å². The molecule has 1 N–H and O–H groups in total. The van der Waals surface area contributed by atoms with Gasteiger partial charge in [-0.15, -0.1) is 11.8 Å². The zero-order valence-electron chi connectivity index (χ0n) is 16.2. The summed E-state index contributed by atoms with van der Waals surface area (Å²) in [7, 11) is -3.68. The maximum Gasteiger partial charge on any atom is 0.237 e. The van der Waals surface area contributed by atoms with E-state index in [2.05, 4.69) is 5.32 Å². The summed E-state index contributed by atoms with van der Waals surface area (Å²) < 4.78 is 25.9. The second-order valence-corrected chi connectivity index (χ2v) is 10.9. The van der Waals surface area contributed by atoms with Crippen LogP contribution in [0.15, 0.2) is 52.3 Å². The average Bonchev–Trinajstić information content (AvgIpc) is 3.11. The molecule has 0 unspecified atom stereocenters. The van der Waals surface area contributed by atoms with E-state index in [4.69, 9.17) is 0 Å². The standard InChI is InChI=1S/C21H22N2O4S2/c1-13(21(25)23-10-9-15-5-3-4-6-18(15)23)12-29(26,27)16-7-8-19-17(11-16)22-20(24)14(2)28-19/h3-8,11,13-14H,9-10,12H2,1-2H3,(H,22,24)/t13-,14+/m1/s1. The Morgan fingerprint density at radius 2 is 2.03 bits per heavy atom. The number of nitrogens with zero attached hydrogens (tertiary/aromatic N) is 1. The van der Waals surface area contributed by atoms with Gasteiger partial charge in [0.25, 0.3) is 0 Å². The number of para-hydroxylation sites is 1. The van der Waals surface area contributed by atoms with E-state index in [9.17, 15) is 18.0 Å². The molecule has 0 bridgehead atoms. The van der Waals surface area contributed by atoms with Gasteiger partial charge < -0.3 is 10.2 Å². The SMILES string of the molecule is C[C@H](CS(=O)(=O)c1ccc2c(c1)NC(=O)[C@H](C)S2)C(=O)N1CCc2ccccc21. The zero-order chi connectivity index (χ0) is 20.8. The molecular formula is C21H22N2O4S2. The Morgan fingerprint density at radius 3 is 2.83 bits per heavy atom. The summed E-state index contributed by atoms with van der Waals surface area (Å²) in [5.41, 5.74) is 2.48. The number of thioether (sulfide) groups is 1. The Morgan fingerprint density at radius 1 is 1.28 bits per heavy atom.